The molecule has 0 amide bonds. The second-order valence-corrected chi connectivity index (χ2v) is 9.15. The molecule has 2 heteroatoms. The third kappa shape index (κ3) is 3.31. The van der Waals surface area contributed by atoms with Gasteiger partial charge in [0.1, 0.15) is 0 Å². The number of allylic oxidation sites excluding steroid dienone is 1. The number of benzene rings is 1. The SMILES string of the molecule is Cc1cc2c(cc1C(=Cc1ccno1)C(C)C)C(C)(C)CCC2(C)C. The number of fused-ring (bicyclic) bond motifs is 1. The number of aromatic nitrogens is 1. The molecule has 1 aliphatic rings. The Balaban J connectivity index is 2.21. The average Bonchev–Trinajstić information content (AvgIpc) is 3.02. The summed E-state index contributed by atoms with van der Waals surface area (Å²) < 4.78 is 5.34. The van der Waals surface area contributed by atoms with Gasteiger partial charge in [0.15, 0.2) is 5.76 Å². The Labute approximate surface area is 152 Å². The van der Waals surface area contributed by atoms with Crippen LogP contribution in [0.25, 0.3) is 11.6 Å². The van der Waals surface area contributed by atoms with Crippen molar-refractivity contribution in [1.82, 2.24) is 5.16 Å². The Bertz CT molecular complexity index is 792. The summed E-state index contributed by atoms with van der Waals surface area (Å²) in [6.07, 6.45) is 6.33. The first-order chi connectivity index (χ1) is 11.6. The summed E-state index contributed by atoms with van der Waals surface area (Å²) in [7, 11) is 0. The fourth-order valence-corrected chi connectivity index (χ4v) is 4.04. The zero-order valence-corrected chi connectivity index (χ0v) is 16.7. The molecule has 0 radical (unpaired) electrons. The van der Waals surface area contributed by atoms with Crippen LogP contribution in [0.4, 0.5) is 0 Å². The van der Waals surface area contributed by atoms with E-state index < -0.39 is 0 Å². The summed E-state index contributed by atoms with van der Waals surface area (Å²) in [6, 6.07) is 6.80. The molecule has 25 heavy (non-hydrogen) atoms. The van der Waals surface area contributed by atoms with Gasteiger partial charge >= 0.3 is 0 Å². The molecule has 1 aromatic heterocycles. The normalized spacial score (nSPS) is 19.1. The lowest BCUT2D eigenvalue weighted by Gasteiger charge is -2.42. The van der Waals surface area contributed by atoms with Crippen LogP contribution in [0.2, 0.25) is 0 Å². The second kappa shape index (κ2) is 6.16. The first kappa shape index (κ1) is 18.0. The van der Waals surface area contributed by atoms with Crippen LogP contribution in [-0.2, 0) is 10.8 Å². The van der Waals surface area contributed by atoms with Crippen molar-refractivity contribution in [3.05, 3.63) is 52.4 Å². The number of aryl methyl sites for hydroxylation is 1. The van der Waals surface area contributed by atoms with Gasteiger partial charge in [-0.3, -0.25) is 0 Å². The van der Waals surface area contributed by atoms with Gasteiger partial charge < -0.3 is 4.52 Å². The second-order valence-electron chi connectivity index (χ2n) is 9.15. The molecule has 0 saturated carbocycles. The zero-order chi connectivity index (χ0) is 18.4. The minimum absolute atomic E-state index is 0.224. The van der Waals surface area contributed by atoms with Crippen LogP contribution in [0, 0.1) is 12.8 Å². The van der Waals surface area contributed by atoms with Gasteiger partial charge in [-0.2, -0.15) is 0 Å². The van der Waals surface area contributed by atoms with Gasteiger partial charge in [0.2, 0.25) is 0 Å². The maximum absolute atomic E-state index is 5.34. The van der Waals surface area contributed by atoms with E-state index in [1.807, 2.05) is 6.07 Å². The third-order valence-electron chi connectivity index (χ3n) is 5.89. The van der Waals surface area contributed by atoms with Crippen LogP contribution in [0.5, 0.6) is 0 Å². The molecule has 0 saturated heterocycles. The van der Waals surface area contributed by atoms with Crippen molar-refractivity contribution in [2.45, 2.75) is 72.1 Å². The monoisotopic (exact) mass is 337 g/mol. The highest BCUT2D eigenvalue weighted by Gasteiger charge is 2.37. The smallest absolute Gasteiger partial charge is 0.159 e. The van der Waals surface area contributed by atoms with Crippen LogP contribution in [0.3, 0.4) is 0 Å². The molecule has 1 aromatic carbocycles. The molecule has 1 aliphatic carbocycles. The van der Waals surface area contributed by atoms with Crippen molar-refractivity contribution in [2.75, 3.05) is 0 Å². The van der Waals surface area contributed by atoms with E-state index in [0.29, 0.717) is 5.92 Å². The molecule has 0 unspecified atom stereocenters. The van der Waals surface area contributed by atoms with E-state index in [-0.39, 0.29) is 10.8 Å². The third-order valence-corrected chi connectivity index (χ3v) is 5.89. The lowest BCUT2D eigenvalue weighted by atomic mass is 9.62. The van der Waals surface area contributed by atoms with E-state index >= 15 is 0 Å². The van der Waals surface area contributed by atoms with Crippen molar-refractivity contribution in [1.29, 1.82) is 0 Å². The van der Waals surface area contributed by atoms with E-state index in [4.69, 9.17) is 4.52 Å². The molecule has 0 bridgehead atoms. The highest BCUT2D eigenvalue weighted by Crippen LogP contribution is 2.47. The van der Waals surface area contributed by atoms with Crippen LogP contribution in [0.1, 0.15) is 82.4 Å². The van der Waals surface area contributed by atoms with Crippen molar-refractivity contribution >= 4 is 11.6 Å². The quantitative estimate of drug-likeness (QED) is 0.636. The van der Waals surface area contributed by atoms with E-state index in [9.17, 15) is 0 Å². The summed E-state index contributed by atoms with van der Waals surface area (Å²) in [5.74, 6) is 1.24. The summed E-state index contributed by atoms with van der Waals surface area (Å²) in [5.41, 5.74) is 7.51. The first-order valence-corrected chi connectivity index (χ1v) is 9.40. The number of nitrogens with zero attached hydrogens (tertiary/aromatic N) is 1. The molecule has 0 aliphatic heterocycles. The van der Waals surface area contributed by atoms with Gasteiger partial charge in [0.05, 0.1) is 6.20 Å². The van der Waals surface area contributed by atoms with E-state index in [1.165, 1.54) is 40.7 Å². The van der Waals surface area contributed by atoms with Gasteiger partial charge in [0.25, 0.3) is 0 Å². The molecule has 0 atom stereocenters. The lowest BCUT2D eigenvalue weighted by Crippen LogP contribution is -2.34. The molecule has 0 N–H and O–H groups in total. The summed E-state index contributed by atoms with van der Waals surface area (Å²) in [5, 5.41) is 3.84. The van der Waals surface area contributed by atoms with E-state index in [1.54, 1.807) is 6.20 Å². The van der Waals surface area contributed by atoms with Crippen LogP contribution < -0.4 is 0 Å². The van der Waals surface area contributed by atoms with Gasteiger partial charge in [0, 0.05) is 6.07 Å². The molecule has 134 valence electrons. The Morgan fingerprint density at radius 3 is 2.20 bits per heavy atom. The Hall–Kier alpha value is -1.83. The Kier molecular flexibility index (Phi) is 4.43. The molecular formula is C23H31NO. The minimum atomic E-state index is 0.224. The standard InChI is InChI=1S/C23H31NO/c1-15(2)18(13-17-8-11-24-25-17)19-14-21-20(12-16(19)3)22(4,5)9-10-23(21,6)7/h8,11-15H,9-10H2,1-7H3. The summed E-state index contributed by atoms with van der Waals surface area (Å²) in [4.78, 5) is 0. The molecule has 2 nitrogen and oxygen atoms in total. The fourth-order valence-electron chi connectivity index (χ4n) is 4.04. The first-order valence-electron chi connectivity index (χ1n) is 9.40. The maximum Gasteiger partial charge on any atom is 0.159 e. The van der Waals surface area contributed by atoms with Crippen molar-refractivity contribution in [3.63, 3.8) is 0 Å². The molecular weight excluding hydrogens is 306 g/mol. The van der Waals surface area contributed by atoms with Gasteiger partial charge in [-0.25, -0.2) is 0 Å². The van der Waals surface area contributed by atoms with Crippen molar-refractivity contribution in [2.24, 2.45) is 5.92 Å². The molecule has 0 fully saturated rings. The predicted molar refractivity (Wildman–Crippen MR) is 106 cm³/mol. The van der Waals surface area contributed by atoms with E-state index in [2.05, 4.69) is 71.8 Å². The highest BCUT2D eigenvalue weighted by atomic mass is 16.5. The largest absolute Gasteiger partial charge is 0.357 e. The summed E-state index contributed by atoms with van der Waals surface area (Å²) in [6.45, 7) is 16.3. The topological polar surface area (TPSA) is 26.0 Å². The average molecular weight is 338 g/mol. The predicted octanol–water partition coefficient (Wildman–Crippen LogP) is 6.53. The van der Waals surface area contributed by atoms with Gasteiger partial charge in [-0.05, 0) is 70.4 Å². The zero-order valence-electron chi connectivity index (χ0n) is 16.7. The van der Waals surface area contributed by atoms with Crippen molar-refractivity contribution < 1.29 is 4.52 Å². The van der Waals surface area contributed by atoms with Gasteiger partial charge in [-0.1, -0.05) is 58.8 Å². The highest BCUT2D eigenvalue weighted by molar-refractivity contribution is 5.83. The van der Waals surface area contributed by atoms with Crippen LogP contribution >= 0.6 is 0 Å². The number of hydrogen-bond acceptors (Lipinski definition) is 2. The van der Waals surface area contributed by atoms with E-state index in [0.717, 1.165) is 5.76 Å². The maximum atomic E-state index is 5.34. The van der Waals surface area contributed by atoms with Crippen LogP contribution in [0.15, 0.2) is 28.9 Å². The van der Waals surface area contributed by atoms with Crippen molar-refractivity contribution in [3.8, 4) is 0 Å². The summed E-state index contributed by atoms with van der Waals surface area (Å²) >= 11 is 0. The fraction of sp³-hybridized carbons (Fsp3) is 0.522. The van der Waals surface area contributed by atoms with Gasteiger partial charge in [-0.15, -0.1) is 0 Å². The molecule has 1 heterocycles. The minimum Gasteiger partial charge on any atom is -0.357 e. The molecule has 0 spiro atoms. The Morgan fingerprint density at radius 1 is 1.08 bits per heavy atom. The molecule has 2 aromatic rings. The number of hydrogen-bond donors (Lipinski definition) is 0. The Morgan fingerprint density at radius 2 is 1.68 bits per heavy atom. The molecule has 3 rings (SSSR count). The van der Waals surface area contributed by atoms with Crippen LogP contribution in [-0.4, -0.2) is 5.16 Å². The number of rotatable bonds is 3. The lowest BCUT2D eigenvalue weighted by molar-refractivity contribution is 0.331.